The third kappa shape index (κ3) is 4.66. The van der Waals surface area contributed by atoms with Gasteiger partial charge in [-0.1, -0.05) is 0 Å². The van der Waals surface area contributed by atoms with E-state index in [0.717, 1.165) is 6.54 Å². The Morgan fingerprint density at radius 3 is 2.67 bits per heavy atom. The van der Waals surface area contributed by atoms with E-state index in [9.17, 15) is 0 Å². The maximum Gasteiger partial charge on any atom is 0.179 e. The van der Waals surface area contributed by atoms with Crippen LogP contribution >= 0.6 is 0 Å². The minimum absolute atomic E-state index is 0.0446. The summed E-state index contributed by atoms with van der Waals surface area (Å²) in [5.41, 5.74) is 4.31. The van der Waals surface area contributed by atoms with Crippen LogP contribution < -0.4 is 10.5 Å². The number of hydrogen-bond acceptors (Lipinski definition) is 5. The van der Waals surface area contributed by atoms with Gasteiger partial charge in [-0.3, -0.25) is 4.68 Å². The van der Waals surface area contributed by atoms with Crippen LogP contribution in [-0.4, -0.2) is 62.7 Å². The van der Waals surface area contributed by atoms with Gasteiger partial charge >= 0.3 is 0 Å². The summed E-state index contributed by atoms with van der Waals surface area (Å²) in [6.07, 6.45) is 2.40. The molecule has 1 unspecified atom stereocenters. The average Bonchev–Trinajstić information content (AvgIpc) is 2.87. The van der Waals surface area contributed by atoms with Crippen molar-refractivity contribution in [2.45, 2.75) is 25.1 Å². The van der Waals surface area contributed by atoms with Gasteiger partial charge in [0.05, 0.1) is 26.5 Å². The molecule has 1 rings (SSSR count). The molecule has 0 amide bonds. The number of aromatic nitrogens is 2. The number of likely N-dealkylation sites (N-methyl/N-ethyl adjacent to an activating group) is 1. The van der Waals surface area contributed by atoms with E-state index in [4.69, 9.17) is 15.2 Å². The summed E-state index contributed by atoms with van der Waals surface area (Å²) >= 11 is 0. The molecule has 0 saturated heterocycles. The predicted molar refractivity (Wildman–Crippen MR) is 80.3 cm³/mol. The fraction of sp³-hybridized carbons (Fsp3) is 0.786. The molecule has 1 heterocycles. The standard InChI is InChI=1S/C14H27FN4O2/c1-18(2)8-9-19-13(12(21-4)10-17-19)14(15,11-20-3)6-5-7-16/h10H,5-9,11,16H2,1-4H3. The number of methoxy groups -OCH3 is 2. The van der Waals surface area contributed by atoms with Gasteiger partial charge in [-0.05, 0) is 33.5 Å². The Balaban J connectivity index is 3.11. The maximum absolute atomic E-state index is 15.4. The normalized spacial score (nSPS) is 14.4. The van der Waals surface area contributed by atoms with E-state index >= 15 is 4.39 Å². The lowest BCUT2D eigenvalue weighted by Crippen LogP contribution is -2.32. The minimum atomic E-state index is -1.65. The Bertz CT molecular complexity index is 425. The number of nitrogens with two attached hydrogens (primary N) is 1. The van der Waals surface area contributed by atoms with Crippen molar-refractivity contribution in [2.24, 2.45) is 5.73 Å². The molecule has 0 aliphatic heterocycles. The van der Waals surface area contributed by atoms with E-state index < -0.39 is 5.67 Å². The van der Waals surface area contributed by atoms with Gasteiger partial charge in [0.25, 0.3) is 0 Å². The number of hydrogen-bond donors (Lipinski definition) is 1. The lowest BCUT2D eigenvalue weighted by Gasteiger charge is -2.26. The van der Waals surface area contributed by atoms with Crippen molar-refractivity contribution in [3.63, 3.8) is 0 Å². The first-order valence-corrected chi connectivity index (χ1v) is 7.11. The van der Waals surface area contributed by atoms with E-state index in [1.165, 1.54) is 14.2 Å². The van der Waals surface area contributed by atoms with Gasteiger partial charge in [-0.2, -0.15) is 5.10 Å². The summed E-state index contributed by atoms with van der Waals surface area (Å²) in [6, 6.07) is 0. The van der Waals surface area contributed by atoms with Gasteiger partial charge in [-0.15, -0.1) is 0 Å². The van der Waals surface area contributed by atoms with Crippen molar-refractivity contribution in [1.82, 2.24) is 14.7 Å². The van der Waals surface area contributed by atoms with Crippen LogP contribution in [0.25, 0.3) is 0 Å². The molecule has 0 spiro atoms. The molecule has 2 N–H and O–H groups in total. The Hall–Kier alpha value is -1.18. The van der Waals surface area contributed by atoms with Crippen LogP contribution in [0.2, 0.25) is 0 Å². The van der Waals surface area contributed by atoms with Gasteiger partial charge in [-0.25, -0.2) is 4.39 Å². The zero-order valence-corrected chi connectivity index (χ0v) is 13.4. The van der Waals surface area contributed by atoms with Gasteiger partial charge in [0, 0.05) is 13.7 Å². The highest BCUT2D eigenvalue weighted by Gasteiger charge is 2.38. The molecule has 7 heteroatoms. The second kappa shape index (κ2) is 8.31. The third-order valence-electron chi connectivity index (χ3n) is 3.36. The zero-order chi connectivity index (χ0) is 15.9. The molecule has 0 aromatic carbocycles. The van der Waals surface area contributed by atoms with Gasteiger partial charge in [0.1, 0.15) is 5.69 Å². The average molecular weight is 302 g/mol. The molecular formula is C14H27FN4O2. The van der Waals surface area contributed by atoms with Crippen molar-refractivity contribution in [2.75, 3.05) is 48.0 Å². The van der Waals surface area contributed by atoms with Crippen LogP contribution in [0.15, 0.2) is 6.20 Å². The summed E-state index contributed by atoms with van der Waals surface area (Å²) in [6.45, 7) is 1.74. The van der Waals surface area contributed by atoms with Gasteiger partial charge in [0.15, 0.2) is 11.4 Å². The largest absolute Gasteiger partial charge is 0.493 e. The van der Waals surface area contributed by atoms with Gasteiger partial charge in [0.2, 0.25) is 0 Å². The third-order valence-corrected chi connectivity index (χ3v) is 3.36. The highest BCUT2D eigenvalue weighted by Crippen LogP contribution is 2.37. The number of nitrogens with zero attached hydrogens (tertiary/aromatic N) is 3. The molecule has 0 saturated carbocycles. The Kier molecular flexibility index (Phi) is 7.07. The summed E-state index contributed by atoms with van der Waals surface area (Å²) in [7, 11) is 6.94. The smallest absolute Gasteiger partial charge is 0.179 e. The number of alkyl halides is 1. The molecule has 1 aromatic rings. The summed E-state index contributed by atoms with van der Waals surface area (Å²) in [5, 5.41) is 4.25. The first-order valence-electron chi connectivity index (χ1n) is 7.11. The van der Waals surface area contributed by atoms with Crippen molar-refractivity contribution in [3.05, 3.63) is 11.9 Å². The van der Waals surface area contributed by atoms with E-state index in [1.54, 1.807) is 10.9 Å². The van der Waals surface area contributed by atoms with Crippen molar-refractivity contribution in [3.8, 4) is 5.75 Å². The second-order valence-corrected chi connectivity index (χ2v) is 5.38. The number of ether oxygens (including phenoxy) is 2. The maximum atomic E-state index is 15.4. The first-order chi connectivity index (χ1) is 9.98. The molecule has 0 aliphatic rings. The lowest BCUT2D eigenvalue weighted by atomic mass is 9.95. The molecule has 0 fully saturated rings. The molecule has 6 nitrogen and oxygen atoms in total. The van der Waals surface area contributed by atoms with E-state index in [1.807, 2.05) is 19.0 Å². The molecule has 0 radical (unpaired) electrons. The highest BCUT2D eigenvalue weighted by molar-refractivity contribution is 5.31. The highest BCUT2D eigenvalue weighted by atomic mass is 19.1. The first kappa shape index (κ1) is 17.9. The van der Waals surface area contributed by atoms with Crippen LogP contribution in [0.1, 0.15) is 18.5 Å². The quantitative estimate of drug-likeness (QED) is 0.698. The van der Waals surface area contributed by atoms with Crippen LogP contribution in [0, 0.1) is 0 Å². The molecule has 1 atom stereocenters. The fourth-order valence-corrected chi connectivity index (χ4v) is 2.30. The summed E-state index contributed by atoms with van der Waals surface area (Å²) in [4.78, 5) is 2.02. The SMILES string of the molecule is COCC(F)(CCCN)c1c(OC)cnn1CCN(C)C. The number of halogens is 1. The van der Waals surface area contributed by atoms with Crippen molar-refractivity contribution in [1.29, 1.82) is 0 Å². The Labute approximate surface area is 126 Å². The minimum Gasteiger partial charge on any atom is -0.493 e. The molecule has 21 heavy (non-hydrogen) atoms. The molecule has 122 valence electrons. The van der Waals surface area contributed by atoms with E-state index in [-0.39, 0.29) is 13.0 Å². The van der Waals surface area contributed by atoms with Crippen LogP contribution in [0.4, 0.5) is 4.39 Å². The Morgan fingerprint density at radius 2 is 2.14 bits per heavy atom. The number of rotatable bonds is 10. The van der Waals surface area contributed by atoms with Crippen molar-refractivity contribution >= 4 is 0 Å². The molecule has 0 aliphatic carbocycles. The summed E-state index contributed by atoms with van der Waals surface area (Å²) in [5.74, 6) is 0.449. The van der Waals surface area contributed by atoms with Gasteiger partial charge < -0.3 is 20.1 Å². The zero-order valence-electron chi connectivity index (χ0n) is 13.4. The van der Waals surface area contributed by atoms with Crippen LogP contribution in [0.5, 0.6) is 5.75 Å². The second-order valence-electron chi connectivity index (χ2n) is 5.38. The topological polar surface area (TPSA) is 65.5 Å². The molecule has 1 aromatic heterocycles. The van der Waals surface area contributed by atoms with Crippen molar-refractivity contribution < 1.29 is 13.9 Å². The van der Waals surface area contributed by atoms with Crippen LogP contribution in [0.3, 0.4) is 0 Å². The molecular weight excluding hydrogens is 275 g/mol. The Morgan fingerprint density at radius 1 is 1.43 bits per heavy atom. The summed E-state index contributed by atoms with van der Waals surface area (Å²) < 4.78 is 27.5. The van der Waals surface area contributed by atoms with Crippen LogP contribution in [-0.2, 0) is 17.0 Å². The predicted octanol–water partition coefficient (Wildman–Crippen LogP) is 1.00. The fourth-order valence-electron chi connectivity index (χ4n) is 2.30. The molecule has 0 bridgehead atoms. The van der Waals surface area contributed by atoms with E-state index in [2.05, 4.69) is 5.10 Å². The van der Waals surface area contributed by atoms with E-state index in [0.29, 0.717) is 31.0 Å². The lowest BCUT2D eigenvalue weighted by molar-refractivity contribution is 0.0215. The monoisotopic (exact) mass is 302 g/mol.